The van der Waals surface area contributed by atoms with E-state index in [1.807, 2.05) is 19.1 Å². The predicted octanol–water partition coefficient (Wildman–Crippen LogP) is 1.11. The average molecular weight is 273 g/mol. The molecule has 20 heavy (non-hydrogen) atoms. The Kier molecular flexibility index (Phi) is 3.42. The number of pyridine rings is 1. The van der Waals surface area contributed by atoms with Gasteiger partial charge in [0.15, 0.2) is 0 Å². The number of amides is 2. The molecule has 3 rings (SSSR count). The standard InChI is InChI=1S/C15H19N3O2/c1-11-5-4-7-16-12(11)9-17-10-14(19)18-8-3-2-6-13(18)15(17)20/h4-5,7,13H,2-3,6,8-10H2,1H3. The minimum absolute atomic E-state index is 0.0721. The number of carbonyl (C=O) groups excluding carboxylic acids is 2. The number of aromatic nitrogens is 1. The number of piperazine rings is 1. The highest BCUT2D eigenvalue weighted by atomic mass is 16.2. The Balaban J connectivity index is 1.79. The number of hydrogen-bond donors (Lipinski definition) is 0. The molecule has 2 fully saturated rings. The molecule has 0 aliphatic carbocycles. The molecule has 1 aromatic heterocycles. The molecule has 0 aromatic carbocycles. The highest BCUT2D eigenvalue weighted by Gasteiger charge is 2.40. The van der Waals surface area contributed by atoms with Crippen molar-refractivity contribution in [1.29, 1.82) is 0 Å². The summed E-state index contributed by atoms with van der Waals surface area (Å²) in [5, 5.41) is 0. The van der Waals surface area contributed by atoms with Crippen molar-refractivity contribution in [2.45, 2.75) is 38.8 Å². The van der Waals surface area contributed by atoms with Crippen molar-refractivity contribution in [3.8, 4) is 0 Å². The molecule has 3 heterocycles. The second-order valence-electron chi connectivity index (χ2n) is 5.56. The zero-order valence-electron chi connectivity index (χ0n) is 11.7. The Morgan fingerprint density at radius 2 is 2.20 bits per heavy atom. The van der Waals surface area contributed by atoms with Crippen molar-refractivity contribution in [2.24, 2.45) is 0 Å². The number of carbonyl (C=O) groups is 2. The number of fused-ring (bicyclic) bond motifs is 1. The van der Waals surface area contributed by atoms with Crippen LogP contribution in [0.25, 0.3) is 0 Å². The molecule has 0 bridgehead atoms. The first-order chi connectivity index (χ1) is 9.66. The van der Waals surface area contributed by atoms with Crippen LogP contribution in [0.3, 0.4) is 0 Å². The van der Waals surface area contributed by atoms with Crippen molar-refractivity contribution in [3.63, 3.8) is 0 Å². The van der Waals surface area contributed by atoms with E-state index in [-0.39, 0.29) is 24.4 Å². The lowest BCUT2D eigenvalue weighted by molar-refractivity contribution is -0.158. The van der Waals surface area contributed by atoms with E-state index in [2.05, 4.69) is 4.98 Å². The number of hydrogen-bond acceptors (Lipinski definition) is 3. The summed E-state index contributed by atoms with van der Waals surface area (Å²) < 4.78 is 0. The van der Waals surface area contributed by atoms with Crippen LogP contribution in [0.4, 0.5) is 0 Å². The fourth-order valence-corrected chi connectivity index (χ4v) is 3.03. The summed E-state index contributed by atoms with van der Waals surface area (Å²) in [4.78, 5) is 32.4. The molecule has 2 saturated heterocycles. The van der Waals surface area contributed by atoms with Crippen LogP contribution in [0.2, 0.25) is 0 Å². The van der Waals surface area contributed by atoms with Crippen LogP contribution in [-0.4, -0.2) is 45.7 Å². The third kappa shape index (κ3) is 2.28. The van der Waals surface area contributed by atoms with E-state index in [0.717, 1.165) is 37.1 Å². The van der Waals surface area contributed by atoms with Gasteiger partial charge in [-0.1, -0.05) is 6.07 Å². The van der Waals surface area contributed by atoms with Crippen molar-refractivity contribution in [1.82, 2.24) is 14.8 Å². The zero-order valence-corrected chi connectivity index (χ0v) is 11.7. The SMILES string of the molecule is Cc1cccnc1CN1CC(=O)N2CCCCC2C1=O. The summed E-state index contributed by atoms with van der Waals surface area (Å²) in [7, 11) is 0. The molecule has 1 atom stereocenters. The lowest BCUT2D eigenvalue weighted by Crippen LogP contribution is -2.60. The molecular weight excluding hydrogens is 254 g/mol. The van der Waals surface area contributed by atoms with Crippen LogP contribution < -0.4 is 0 Å². The summed E-state index contributed by atoms with van der Waals surface area (Å²) in [5.74, 6) is 0.150. The van der Waals surface area contributed by atoms with Crippen LogP contribution in [0.1, 0.15) is 30.5 Å². The Morgan fingerprint density at radius 1 is 1.35 bits per heavy atom. The summed E-state index contributed by atoms with van der Waals surface area (Å²) in [6, 6.07) is 3.62. The van der Waals surface area contributed by atoms with E-state index in [4.69, 9.17) is 0 Å². The summed E-state index contributed by atoms with van der Waals surface area (Å²) in [6.07, 6.45) is 4.55. The maximum Gasteiger partial charge on any atom is 0.246 e. The molecular formula is C15H19N3O2. The second-order valence-corrected chi connectivity index (χ2v) is 5.56. The van der Waals surface area contributed by atoms with Gasteiger partial charge in [0.25, 0.3) is 0 Å². The van der Waals surface area contributed by atoms with Gasteiger partial charge in [-0.2, -0.15) is 0 Å². The van der Waals surface area contributed by atoms with Gasteiger partial charge in [-0.15, -0.1) is 0 Å². The third-order valence-electron chi connectivity index (χ3n) is 4.20. The van der Waals surface area contributed by atoms with Gasteiger partial charge in [0, 0.05) is 12.7 Å². The van der Waals surface area contributed by atoms with E-state index < -0.39 is 0 Å². The number of rotatable bonds is 2. The van der Waals surface area contributed by atoms with Gasteiger partial charge in [0.1, 0.15) is 12.6 Å². The van der Waals surface area contributed by atoms with Gasteiger partial charge in [-0.25, -0.2) is 0 Å². The largest absolute Gasteiger partial charge is 0.329 e. The lowest BCUT2D eigenvalue weighted by Gasteiger charge is -2.42. The van der Waals surface area contributed by atoms with Crippen molar-refractivity contribution >= 4 is 11.8 Å². The monoisotopic (exact) mass is 273 g/mol. The highest BCUT2D eigenvalue weighted by Crippen LogP contribution is 2.24. The molecule has 5 nitrogen and oxygen atoms in total. The topological polar surface area (TPSA) is 53.5 Å². The van der Waals surface area contributed by atoms with E-state index in [0.29, 0.717) is 6.54 Å². The molecule has 2 aliphatic heterocycles. The van der Waals surface area contributed by atoms with Crippen molar-refractivity contribution in [3.05, 3.63) is 29.6 Å². The Bertz CT molecular complexity index is 544. The molecule has 0 radical (unpaired) electrons. The fraction of sp³-hybridized carbons (Fsp3) is 0.533. The maximum absolute atomic E-state index is 12.5. The van der Waals surface area contributed by atoms with Gasteiger partial charge < -0.3 is 9.80 Å². The van der Waals surface area contributed by atoms with E-state index in [1.165, 1.54) is 0 Å². The third-order valence-corrected chi connectivity index (χ3v) is 4.20. The molecule has 1 unspecified atom stereocenters. The van der Waals surface area contributed by atoms with Crippen LogP contribution in [0, 0.1) is 6.92 Å². The maximum atomic E-state index is 12.5. The van der Waals surface area contributed by atoms with E-state index >= 15 is 0 Å². The van der Waals surface area contributed by atoms with E-state index in [1.54, 1.807) is 16.0 Å². The summed E-state index contributed by atoms with van der Waals surface area (Å²) in [5.41, 5.74) is 1.93. The quantitative estimate of drug-likeness (QED) is 0.811. The smallest absolute Gasteiger partial charge is 0.246 e. The molecule has 1 aromatic rings. The van der Waals surface area contributed by atoms with Crippen LogP contribution >= 0.6 is 0 Å². The van der Waals surface area contributed by atoms with Crippen LogP contribution in [-0.2, 0) is 16.1 Å². The Hall–Kier alpha value is -1.91. The van der Waals surface area contributed by atoms with Gasteiger partial charge in [0.05, 0.1) is 12.2 Å². The lowest BCUT2D eigenvalue weighted by atomic mass is 9.98. The van der Waals surface area contributed by atoms with Crippen molar-refractivity contribution in [2.75, 3.05) is 13.1 Å². The first-order valence-corrected chi connectivity index (χ1v) is 7.15. The Morgan fingerprint density at radius 3 is 3.00 bits per heavy atom. The molecule has 106 valence electrons. The molecule has 2 amide bonds. The zero-order chi connectivity index (χ0) is 14.1. The fourth-order valence-electron chi connectivity index (χ4n) is 3.03. The first-order valence-electron chi connectivity index (χ1n) is 7.15. The predicted molar refractivity (Wildman–Crippen MR) is 73.7 cm³/mol. The average Bonchev–Trinajstić information content (AvgIpc) is 2.47. The summed E-state index contributed by atoms with van der Waals surface area (Å²) in [6.45, 7) is 3.32. The van der Waals surface area contributed by atoms with Gasteiger partial charge in [-0.3, -0.25) is 14.6 Å². The van der Waals surface area contributed by atoms with Gasteiger partial charge in [-0.05, 0) is 37.8 Å². The molecule has 0 spiro atoms. The van der Waals surface area contributed by atoms with Crippen LogP contribution in [0.15, 0.2) is 18.3 Å². The van der Waals surface area contributed by atoms with Gasteiger partial charge >= 0.3 is 0 Å². The normalized spacial score (nSPS) is 22.9. The van der Waals surface area contributed by atoms with Gasteiger partial charge in [0.2, 0.25) is 11.8 Å². The Labute approximate surface area is 118 Å². The summed E-state index contributed by atoms with van der Waals surface area (Å²) >= 11 is 0. The van der Waals surface area contributed by atoms with E-state index in [9.17, 15) is 9.59 Å². The number of piperidine rings is 1. The number of aryl methyl sites for hydroxylation is 1. The minimum atomic E-state index is -0.242. The highest BCUT2D eigenvalue weighted by molar-refractivity contribution is 5.95. The van der Waals surface area contributed by atoms with Crippen molar-refractivity contribution < 1.29 is 9.59 Å². The first kappa shape index (κ1) is 13.1. The molecule has 5 heteroatoms. The molecule has 2 aliphatic rings. The van der Waals surface area contributed by atoms with Crippen LogP contribution in [0.5, 0.6) is 0 Å². The molecule has 0 N–H and O–H groups in total. The minimum Gasteiger partial charge on any atom is -0.329 e. The number of nitrogens with zero attached hydrogens (tertiary/aromatic N) is 3. The molecule has 0 saturated carbocycles. The second kappa shape index (κ2) is 5.23.